The molecule has 2 N–H and O–H groups in total. The largest absolute Gasteiger partial charge is 0.508 e. The van der Waals surface area contributed by atoms with Gasteiger partial charge in [-0.2, -0.15) is 0 Å². The molecule has 2 heterocycles. The summed E-state index contributed by atoms with van der Waals surface area (Å²) in [6.07, 6.45) is 0. The molecule has 138 valence electrons. The van der Waals surface area contributed by atoms with Crippen LogP contribution in [0, 0.1) is 13.8 Å². The zero-order chi connectivity index (χ0) is 19.3. The van der Waals surface area contributed by atoms with Gasteiger partial charge < -0.3 is 15.3 Å². The molecule has 4 rings (SSSR count). The SMILES string of the molecule is Cc1ccc(N2CC3=C(C2=O)[C@H](c2ccc(O)cc2)NC(=O)N3C)cc1C. The number of nitrogens with one attached hydrogen (secondary N) is 1. The van der Waals surface area contributed by atoms with Gasteiger partial charge in [0.25, 0.3) is 5.91 Å². The van der Waals surface area contributed by atoms with Crippen LogP contribution in [0.25, 0.3) is 0 Å². The van der Waals surface area contributed by atoms with Gasteiger partial charge in [-0.25, -0.2) is 4.79 Å². The van der Waals surface area contributed by atoms with E-state index in [-0.39, 0.29) is 17.7 Å². The van der Waals surface area contributed by atoms with Crippen molar-refractivity contribution in [1.82, 2.24) is 10.2 Å². The van der Waals surface area contributed by atoms with Crippen LogP contribution in [0.2, 0.25) is 0 Å². The number of phenols is 1. The lowest BCUT2D eigenvalue weighted by atomic mass is 9.95. The number of hydrogen-bond acceptors (Lipinski definition) is 3. The molecule has 2 aromatic rings. The first-order chi connectivity index (χ1) is 12.9. The third kappa shape index (κ3) is 2.73. The standard InChI is InChI=1S/C21H21N3O3/c1-12-4-7-15(10-13(12)2)24-11-17-18(20(24)26)19(22-21(27)23(17)3)14-5-8-16(25)9-6-14/h4-10,19,25H,11H2,1-3H3,(H,22,27)/t19-/m0/s1. The number of phenolic OH excluding ortho intramolecular Hbond substituents is 1. The van der Waals surface area contributed by atoms with E-state index in [9.17, 15) is 14.7 Å². The maximum Gasteiger partial charge on any atom is 0.322 e. The van der Waals surface area contributed by atoms with Gasteiger partial charge in [0.2, 0.25) is 0 Å². The Morgan fingerprint density at radius 1 is 1.04 bits per heavy atom. The van der Waals surface area contributed by atoms with Crippen LogP contribution in [0.15, 0.2) is 53.7 Å². The van der Waals surface area contributed by atoms with E-state index in [0.717, 1.165) is 16.8 Å². The van der Waals surface area contributed by atoms with E-state index < -0.39 is 6.04 Å². The number of hydrogen-bond donors (Lipinski definition) is 2. The quantitative estimate of drug-likeness (QED) is 0.861. The van der Waals surface area contributed by atoms with Crippen LogP contribution in [0.3, 0.4) is 0 Å². The number of urea groups is 1. The Labute approximate surface area is 157 Å². The predicted molar refractivity (Wildman–Crippen MR) is 102 cm³/mol. The summed E-state index contributed by atoms with van der Waals surface area (Å²) in [6.45, 7) is 4.41. The van der Waals surface area contributed by atoms with Crippen LogP contribution >= 0.6 is 0 Å². The summed E-state index contributed by atoms with van der Waals surface area (Å²) in [4.78, 5) is 28.9. The number of carbonyl (C=O) groups is 2. The molecule has 0 radical (unpaired) electrons. The van der Waals surface area contributed by atoms with Crippen LogP contribution in [-0.2, 0) is 4.79 Å². The lowest BCUT2D eigenvalue weighted by Crippen LogP contribution is -2.45. The van der Waals surface area contributed by atoms with Crippen molar-refractivity contribution >= 4 is 17.6 Å². The average molecular weight is 363 g/mol. The number of rotatable bonds is 2. The molecule has 0 spiro atoms. The number of amides is 3. The zero-order valence-electron chi connectivity index (χ0n) is 15.5. The third-order valence-electron chi connectivity index (χ3n) is 5.39. The van der Waals surface area contributed by atoms with Gasteiger partial charge in [0, 0.05) is 12.7 Å². The van der Waals surface area contributed by atoms with Crippen molar-refractivity contribution in [2.45, 2.75) is 19.9 Å². The average Bonchev–Trinajstić information content (AvgIpc) is 2.99. The number of carbonyl (C=O) groups excluding carboxylic acids is 2. The molecule has 0 saturated heterocycles. The van der Waals surface area contributed by atoms with Crippen LogP contribution in [0.5, 0.6) is 5.75 Å². The minimum atomic E-state index is -0.534. The minimum absolute atomic E-state index is 0.113. The maximum atomic E-state index is 13.3. The van der Waals surface area contributed by atoms with Crippen molar-refractivity contribution in [3.63, 3.8) is 0 Å². The molecule has 0 bridgehead atoms. The zero-order valence-corrected chi connectivity index (χ0v) is 15.5. The van der Waals surface area contributed by atoms with E-state index in [0.29, 0.717) is 17.8 Å². The van der Waals surface area contributed by atoms with Gasteiger partial charge in [-0.3, -0.25) is 9.69 Å². The monoisotopic (exact) mass is 363 g/mol. The highest BCUT2D eigenvalue weighted by molar-refractivity contribution is 6.11. The van der Waals surface area contributed by atoms with E-state index >= 15 is 0 Å². The molecule has 1 atom stereocenters. The molecular weight excluding hydrogens is 342 g/mol. The number of aromatic hydroxyl groups is 1. The van der Waals surface area contributed by atoms with Crippen LogP contribution in [0.4, 0.5) is 10.5 Å². The van der Waals surface area contributed by atoms with Crippen LogP contribution in [0.1, 0.15) is 22.7 Å². The first kappa shape index (κ1) is 17.1. The lowest BCUT2D eigenvalue weighted by Gasteiger charge is -2.31. The van der Waals surface area contributed by atoms with Gasteiger partial charge in [-0.1, -0.05) is 18.2 Å². The van der Waals surface area contributed by atoms with E-state index in [1.54, 1.807) is 36.2 Å². The summed E-state index contributed by atoms with van der Waals surface area (Å²) in [6, 6.07) is 11.7. The van der Waals surface area contributed by atoms with Gasteiger partial charge in [-0.15, -0.1) is 0 Å². The molecule has 3 amide bonds. The van der Waals surface area contributed by atoms with Gasteiger partial charge in [0.1, 0.15) is 5.75 Å². The molecule has 0 fully saturated rings. The second kappa shape index (κ2) is 6.16. The molecular formula is C21H21N3O3. The first-order valence-corrected chi connectivity index (χ1v) is 8.82. The summed E-state index contributed by atoms with van der Waals surface area (Å²) >= 11 is 0. The second-order valence-corrected chi connectivity index (χ2v) is 7.05. The minimum Gasteiger partial charge on any atom is -0.508 e. The van der Waals surface area contributed by atoms with Crippen molar-refractivity contribution in [1.29, 1.82) is 0 Å². The Balaban J connectivity index is 1.76. The number of anilines is 1. The van der Waals surface area contributed by atoms with Crippen molar-refractivity contribution < 1.29 is 14.7 Å². The van der Waals surface area contributed by atoms with Crippen molar-refractivity contribution in [3.8, 4) is 5.75 Å². The summed E-state index contributed by atoms with van der Waals surface area (Å²) in [5.41, 5.74) is 5.14. The Morgan fingerprint density at radius 2 is 1.74 bits per heavy atom. The van der Waals surface area contributed by atoms with Crippen molar-refractivity contribution in [2.24, 2.45) is 0 Å². The summed E-state index contributed by atoms with van der Waals surface area (Å²) in [5.74, 6) is 0.0277. The molecule has 6 nitrogen and oxygen atoms in total. The lowest BCUT2D eigenvalue weighted by molar-refractivity contribution is -0.114. The highest BCUT2D eigenvalue weighted by Crippen LogP contribution is 2.38. The normalized spacial score (nSPS) is 19.4. The Hall–Kier alpha value is -3.28. The summed E-state index contributed by atoms with van der Waals surface area (Å²) in [7, 11) is 1.68. The van der Waals surface area contributed by atoms with Gasteiger partial charge in [0.05, 0.1) is 23.9 Å². The first-order valence-electron chi connectivity index (χ1n) is 8.82. The predicted octanol–water partition coefficient (Wildman–Crippen LogP) is 3.01. The van der Waals surface area contributed by atoms with Gasteiger partial charge in [-0.05, 0) is 54.8 Å². The topological polar surface area (TPSA) is 72.9 Å². The molecule has 0 aromatic heterocycles. The second-order valence-electron chi connectivity index (χ2n) is 7.05. The fraction of sp³-hybridized carbons (Fsp3) is 0.238. The molecule has 2 aromatic carbocycles. The molecule has 0 aliphatic carbocycles. The number of aryl methyl sites for hydroxylation is 2. The van der Waals surface area contributed by atoms with E-state index in [4.69, 9.17) is 0 Å². The van der Waals surface area contributed by atoms with E-state index in [1.165, 1.54) is 10.5 Å². The molecule has 2 aliphatic heterocycles. The van der Waals surface area contributed by atoms with Gasteiger partial charge >= 0.3 is 6.03 Å². The number of likely N-dealkylation sites (N-methyl/N-ethyl adjacent to an activating group) is 1. The smallest absolute Gasteiger partial charge is 0.322 e. The number of benzene rings is 2. The fourth-order valence-corrected chi connectivity index (χ4v) is 3.59. The van der Waals surface area contributed by atoms with Crippen molar-refractivity contribution in [2.75, 3.05) is 18.5 Å². The van der Waals surface area contributed by atoms with Gasteiger partial charge in [0.15, 0.2) is 0 Å². The van der Waals surface area contributed by atoms with Crippen LogP contribution < -0.4 is 10.2 Å². The Morgan fingerprint density at radius 3 is 2.41 bits per heavy atom. The van der Waals surface area contributed by atoms with E-state index in [2.05, 4.69) is 5.32 Å². The molecule has 0 saturated carbocycles. The Kier molecular flexibility index (Phi) is 3.91. The van der Waals surface area contributed by atoms with Crippen LogP contribution in [-0.4, -0.2) is 35.5 Å². The number of nitrogens with zero attached hydrogens (tertiary/aromatic N) is 2. The molecule has 2 aliphatic rings. The third-order valence-corrected chi connectivity index (χ3v) is 5.39. The fourth-order valence-electron chi connectivity index (χ4n) is 3.59. The van der Waals surface area contributed by atoms with E-state index in [1.807, 2.05) is 32.0 Å². The highest BCUT2D eigenvalue weighted by Gasteiger charge is 2.43. The summed E-state index contributed by atoms with van der Waals surface area (Å²) in [5, 5.41) is 12.4. The van der Waals surface area contributed by atoms with Crippen molar-refractivity contribution in [3.05, 3.63) is 70.4 Å². The molecule has 0 unspecified atom stereocenters. The molecule has 6 heteroatoms. The Bertz CT molecular complexity index is 979. The highest BCUT2D eigenvalue weighted by atomic mass is 16.3. The maximum absolute atomic E-state index is 13.3. The summed E-state index contributed by atoms with van der Waals surface area (Å²) < 4.78 is 0. The molecule has 27 heavy (non-hydrogen) atoms.